The Labute approximate surface area is 149 Å². The van der Waals surface area contributed by atoms with E-state index in [0.29, 0.717) is 22.3 Å². The van der Waals surface area contributed by atoms with Gasteiger partial charge in [-0.1, -0.05) is 12.1 Å². The van der Waals surface area contributed by atoms with Crippen LogP contribution in [0.15, 0.2) is 58.2 Å². The minimum Gasteiger partial charge on any atom is -0.277 e. The first-order chi connectivity index (χ1) is 11.8. The van der Waals surface area contributed by atoms with Gasteiger partial charge in [0.05, 0.1) is 22.0 Å². The number of aromatic nitrogens is 2. The van der Waals surface area contributed by atoms with Gasteiger partial charge in [-0.3, -0.25) is 4.72 Å². The maximum atomic E-state index is 13.8. The summed E-state index contributed by atoms with van der Waals surface area (Å²) in [6, 6.07) is 7.42. The molecule has 1 heterocycles. The number of nitrogens with one attached hydrogen (secondary N) is 1. The summed E-state index contributed by atoms with van der Waals surface area (Å²) < 4.78 is 69.2. The predicted molar refractivity (Wildman–Crippen MR) is 88.4 cm³/mol. The smallest absolute Gasteiger partial charge is 0.265 e. The summed E-state index contributed by atoms with van der Waals surface area (Å²) in [4.78, 5) is -0.997. The molecule has 0 aliphatic rings. The zero-order valence-electron chi connectivity index (χ0n) is 12.2. The van der Waals surface area contributed by atoms with Crippen LogP contribution in [-0.2, 0) is 10.0 Å². The Morgan fingerprint density at radius 3 is 2.44 bits per heavy atom. The van der Waals surface area contributed by atoms with Gasteiger partial charge in [0.25, 0.3) is 10.0 Å². The van der Waals surface area contributed by atoms with Crippen LogP contribution in [0.2, 0.25) is 0 Å². The van der Waals surface area contributed by atoms with Crippen LogP contribution in [0.25, 0.3) is 5.69 Å². The molecule has 1 aromatic heterocycles. The molecule has 1 N–H and O–H groups in total. The van der Waals surface area contributed by atoms with Gasteiger partial charge in [0.2, 0.25) is 0 Å². The lowest BCUT2D eigenvalue weighted by molar-refractivity contribution is 0.432. The van der Waals surface area contributed by atoms with Gasteiger partial charge < -0.3 is 0 Å². The fourth-order valence-electron chi connectivity index (χ4n) is 2.11. The second-order valence-corrected chi connectivity index (χ2v) is 7.47. The van der Waals surface area contributed by atoms with Crippen LogP contribution in [0.5, 0.6) is 0 Å². The number of hydrogen-bond donors (Lipinski definition) is 1. The molecule has 0 aliphatic heterocycles. The van der Waals surface area contributed by atoms with Gasteiger partial charge in [-0.25, -0.2) is 26.3 Å². The second-order valence-electron chi connectivity index (χ2n) is 4.90. The number of hydrogen-bond acceptors (Lipinski definition) is 3. The zero-order chi connectivity index (χ0) is 18.2. The maximum absolute atomic E-state index is 13.8. The summed E-state index contributed by atoms with van der Waals surface area (Å²) in [6.45, 7) is 0. The van der Waals surface area contributed by atoms with Gasteiger partial charge in [-0.05, 0) is 40.2 Å². The third kappa shape index (κ3) is 3.40. The van der Waals surface area contributed by atoms with E-state index in [1.807, 2.05) is 0 Å². The van der Waals surface area contributed by atoms with E-state index < -0.39 is 32.4 Å². The van der Waals surface area contributed by atoms with E-state index in [4.69, 9.17) is 0 Å². The highest BCUT2D eigenvalue weighted by Crippen LogP contribution is 2.26. The van der Waals surface area contributed by atoms with Gasteiger partial charge in [-0.15, -0.1) is 0 Å². The lowest BCUT2D eigenvalue weighted by atomic mass is 10.3. The molecule has 0 saturated heterocycles. The van der Waals surface area contributed by atoms with Crippen LogP contribution in [0, 0.1) is 17.5 Å². The van der Waals surface area contributed by atoms with Crippen LogP contribution in [0.3, 0.4) is 0 Å². The number of sulfonamides is 1. The molecule has 5 nitrogen and oxygen atoms in total. The average Bonchev–Trinajstić information content (AvgIpc) is 2.99. The fourth-order valence-corrected chi connectivity index (χ4v) is 3.54. The molecular weight excluding hydrogens is 423 g/mol. The molecule has 0 atom stereocenters. The normalized spacial score (nSPS) is 11.5. The summed E-state index contributed by atoms with van der Waals surface area (Å²) >= 11 is 3.23. The number of para-hydroxylation sites is 2. The van der Waals surface area contributed by atoms with Crippen molar-refractivity contribution in [3.63, 3.8) is 0 Å². The Morgan fingerprint density at radius 1 is 1.04 bits per heavy atom. The van der Waals surface area contributed by atoms with Crippen molar-refractivity contribution in [2.45, 2.75) is 4.90 Å². The molecule has 0 fully saturated rings. The summed E-state index contributed by atoms with van der Waals surface area (Å²) in [5, 5.41) is 4.04. The molecule has 0 unspecified atom stereocenters. The number of rotatable bonds is 4. The summed E-state index contributed by atoms with van der Waals surface area (Å²) in [5.74, 6) is -5.11. The minimum atomic E-state index is -4.49. The molecular formula is C15H9BrF3N3O2S. The van der Waals surface area contributed by atoms with Crippen LogP contribution in [-0.4, -0.2) is 18.2 Å². The molecule has 0 saturated carbocycles. The van der Waals surface area contributed by atoms with Crippen LogP contribution >= 0.6 is 15.9 Å². The summed E-state index contributed by atoms with van der Waals surface area (Å²) in [7, 11) is -4.49. The highest BCUT2D eigenvalue weighted by atomic mass is 79.9. The quantitative estimate of drug-likeness (QED) is 0.638. The van der Waals surface area contributed by atoms with Crippen molar-refractivity contribution in [3.05, 3.63) is 70.7 Å². The first-order valence-corrected chi connectivity index (χ1v) is 9.03. The van der Waals surface area contributed by atoms with Crippen molar-refractivity contribution in [2.75, 3.05) is 4.72 Å². The molecule has 0 aliphatic carbocycles. The van der Waals surface area contributed by atoms with E-state index in [-0.39, 0.29) is 5.69 Å². The molecule has 10 heteroatoms. The van der Waals surface area contributed by atoms with Crippen LogP contribution < -0.4 is 4.72 Å². The first-order valence-electron chi connectivity index (χ1n) is 6.75. The van der Waals surface area contributed by atoms with Crippen molar-refractivity contribution in [1.29, 1.82) is 0 Å². The first kappa shape index (κ1) is 17.5. The summed E-state index contributed by atoms with van der Waals surface area (Å²) in [6.07, 6.45) is 3.09. The van der Waals surface area contributed by atoms with Crippen LogP contribution in [0.1, 0.15) is 0 Å². The number of halogens is 4. The second kappa shape index (κ2) is 6.52. The van der Waals surface area contributed by atoms with E-state index in [0.717, 1.165) is 0 Å². The third-order valence-electron chi connectivity index (χ3n) is 3.24. The highest BCUT2D eigenvalue weighted by Gasteiger charge is 2.25. The van der Waals surface area contributed by atoms with Crippen molar-refractivity contribution >= 4 is 31.6 Å². The largest absolute Gasteiger partial charge is 0.277 e. The maximum Gasteiger partial charge on any atom is 0.265 e. The van der Waals surface area contributed by atoms with E-state index >= 15 is 0 Å². The molecule has 0 bridgehead atoms. The lowest BCUT2D eigenvalue weighted by Crippen LogP contribution is -2.17. The van der Waals surface area contributed by atoms with E-state index in [1.54, 1.807) is 24.4 Å². The lowest BCUT2D eigenvalue weighted by Gasteiger charge is -2.13. The van der Waals surface area contributed by atoms with Crippen molar-refractivity contribution in [2.24, 2.45) is 0 Å². The Bertz CT molecular complexity index is 1050. The van der Waals surface area contributed by atoms with E-state index in [2.05, 4.69) is 25.8 Å². The molecule has 0 spiro atoms. The summed E-state index contributed by atoms with van der Waals surface area (Å²) in [5.41, 5.74) is 0.446. The molecule has 2 aromatic carbocycles. The topological polar surface area (TPSA) is 64.0 Å². The van der Waals surface area contributed by atoms with Gasteiger partial charge >= 0.3 is 0 Å². The minimum absolute atomic E-state index is 0.0854. The van der Waals surface area contributed by atoms with Crippen molar-refractivity contribution < 1.29 is 21.6 Å². The Hall–Kier alpha value is -2.33. The van der Waals surface area contributed by atoms with E-state index in [9.17, 15) is 21.6 Å². The standard InChI is InChI=1S/C15H9BrF3N3O2S/c16-9-7-20-22(8-9)12-4-2-1-3-11(12)21-25(23,24)13-6-5-10(17)14(18)15(13)19/h1-8,21H. The number of nitrogens with zero attached hydrogens (tertiary/aromatic N) is 2. The SMILES string of the molecule is O=S(=O)(Nc1ccccc1-n1cc(Br)cn1)c1ccc(F)c(F)c1F. The van der Waals surface area contributed by atoms with Crippen LogP contribution in [0.4, 0.5) is 18.9 Å². The van der Waals surface area contributed by atoms with Crippen molar-refractivity contribution in [3.8, 4) is 5.69 Å². The molecule has 3 rings (SSSR count). The fraction of sp³-hybridized carbons (Fsp3) is 0. The third-order valence-corrected chi connectivity index (χ3v) is 5.03. The van der Waals surface area contributed by atoms with Gasteiger partial charge in [0.1, 0.15) is 4.90 Å². The van der Waals surface area contributed by atoms with Gasteiger partial charge in [0.15, 0.2) is 17.5 Å². The van der Waals surface area contributed by atoms with Gasteiger partial charge in [0, 0.05) is 6.20 Å². The molecule has 3 aromatic rings. The molecule has 0 amide bonds. The number of anilines is 1. The monoisotopic (exact) mass is 431 g/mol. The van der Waals surface area contributed by atoms with E-state index in [1.165, 1.54) is 16.9 Å². The average molecular weight is 432 g/mol. The zero-order valence-corrected chi connectivity index (χ0v) is 14.7. The predicted octanol–water partition coefficient (Wildman–Crippen LogP) is 3.85. The Morgan fingerprint density at radius 2 is 1.76 bits per heavy atom. The highest BCUT2D eigenvalue weighted by molar-refractivity contribution is 9.10. The Balaban J connectivity index is 2.05. The molecule has 25 heavy (non-hydrogen) atoms. The van der Waals surface area contributed by atoms with Gasteiger partial charge in [-0.2, -0.15) is 5.10 Å². The molecule has 0 radical (unpaired) electrons. The van der Waals surface area contributed by atoms with Crippen molar-refractivity contribution in [1.82, 2.24) is 9.78 Å². The molecule has 130 valence electrons. The Kier molecular flexibility index (Phi) is 4.56. The number of benzene rings is 2.